The molecular formula is C21H15Cl2N3O2. The maximum absolute atomic E-state index is 11.3. The van der Waals surface area contributed by atoms with Gasteiger partial charge in [0, 0.05) is 26.7 Å². The van der Waals surface area contributed by atoms with Gasteiger partial charge >= 0.3 is 0 Å². The van der Waals surface area contributed by atoms with Crippen LogP contribution in [0.2, 0.25) is 10.0 Å². The van der Waals surface area contributed by atoms with Crippen LogP contribution in [0.4, 0.5) is 0 Å². The molecule has 0 aliphatic rings. The van der Waals surface area contributed by atoms with Crippen LogP contribution in [0.5, 0.6) is 0 Å². The molecule has 0 saturated carbocycles. The van der Waals surface area contributed by atoms with Gasteiger partial charge in [-0.25, -0.2) is 4.98 Å². The highest BCUT2D eigenvalue weighted by Gasteiger charge is 2.15. The van der Waals surface area contributed by atoms with Crippen molar-refractivity contribution in [3.63, 3.8) is 0 Å². The number of imidazole rings is 1. The number of nitrogens with two attached hydrogens (primary N) is 1. The number of rotatable bonds is 4. The molecule has 4 rings (SSSR count). The van der Waals surface area contributed by atoms with Crippen LogP contribution in [0, 0.1) is 0 Å². The molecule has 4 aromatic rings. The van der Waals surface area contributed by atoms with Gasteiger partial charge < -0.3 is 15.8 Å². The van der Waals surface area contributed by atoms with Crippen molar-refractivity contribution in [1.29, 1.82) is 0 Å². The molecule has 1 heterocycles. The van der Waals surface area contributed by atoms with E-state index in [0.717, 1.165) is 16.6 Å². The number of amides is 1. The summed E-state index contributed by atoms with van der Waals surface area (Å²) in [5.74, 6) is 0.166. The van der Waals surface area contributed by atoms with E-state index in [4.69, 9.17) is 28.9 Å². The maximum atomic E-state index is 11.3. The highest BCUT2D eigenvalue weighted by atomic mass is 35.5. The third kappa shape index (κ3) is 3.47. The summed E-state index contributed by atoms with van der Waals surface area (Å²) in [5.41, 5.74) is 9.32. The van der Waals surface area contributed by atoms with Crippen LogP contribution >= 0.6 is 23.2 Å². The number of halogens is 2. The lowest BCUT2D eigenvalue weighted by atomic mass is 10.0. The SMILES string of the molecule is NC(=O)c1ccc2nc(-c3ccc(C(O)c4ccc(Cl)cc4Cl)cc3)[nH]c2c1. The minimum Gasteiger partial charge on any atom is -0.384 e. The number of primary amides is 1. The second-order valence-corrected chi connectivity index (χ2v) is 7.22. The van der Waals surface area contributed by atoms with E-state index in [1.54, 1.807) is 36.4 Å². The summed E-state index contributed by atoms with van der Waals surface area (Å²) < 4.78 is 0. The highest BCUT2D eigenvalue weighted by molar-refractivity contribution is 6.35. The molecule has 1 unspecified atom stereocenters. The second-order valence-electron chi connectivity index (χ2n) is 6.37. The first-order valence-electron chi connectivity index (χ1n) is 8.45. The molecule has 0 spiro atoms. The van der Waals surface area contributed by atoms with Crippen molar-refractivity contribution < 1.29 is 9.90 Å². The molecule has 0 aliphatic carbocycles. The number of fused-ring (bicyclic) bond motifs is 1. The lowest BCUT2D eigenvalue weighted by Crippen LogP contribution is -2.10. The summed E-state index contributed by atoms with van der Waals surface area (Å²) in [6, 6.07) is 17.4. The third-order valence-corrected chi connectivity index (χ3v) is 5.09. The minimum absolute atomic E-state index is 0.409. The van der Waals surface area contributed by atoms with Gasteiger partial charge in [-0.2, -0.15) is 0 Å². The molecule has 7 heteroatoms. The van der Waals surface area contributed by atoms with Crippen molar-refractivity contribution in [2.75, 3.05) is 0 Å². The average Bonchev–Trinajstić information content (AvgIpc) is 3.11. The van der Waals surface area contributed by atoms with Gasteiger partial charge in [-0.1, -0.05) is 53.5 Å². The van der Waals surface area contributed by atoms with Gasteiger partial charge in [-0.05, 0) is 35.9 Å². The largest absolute Gasteiger partial charge is 0.384 e. The van der Waals surface area contributed by atoms with Crippen LogP contribution in [0.25, 0.3) is 22.4 Å². The number of nitrogens with zero attached hydrogens (tertiary/aromatic N) is 1. The zero-order valence-corrected chi connectivity index (χ0v) is 16.0. The van der Waals surface area contributed by atoms with Gasteiger partial charge in [-0.15, -0.1) is 0 Å². The predicted molar refractivity (Wildman–Crippen MR) is 111 cm³/mol. The van der Waals surface area contributed by atoms with Gasteiger partial charge in [0.1, 0.15) is 11.9 Å². The topological polar surface area (TPSA) is 92.0 Å². The van der Waals surface area contributed by atoms with E-state index in [2.05, 4.69) is 9.97 Å². The number of carbonyl (C=O) groups is 1. The Morgan fingerprint density at radius 3 is 2.46 bits per heavy atom. The molecule has 28 heavy (non-hydrogen) atoms. The normalized spacial score (nSPS) is 12.2. The number of aromatic nitrogens is 2. The zero-order valence-electron chi connectivity index (χ0n) is 14.5. The third-order valence-electron chi connectivity index (χ3n) is 4.52. The fourth-order valence-corrected chi connectivity index (χ4v) is 3.54. The Hall–Kier alpha value is -2.86. The predicted octanol–water partition coefficient (Wildman–Crippen LogP) is 4.72. The molecule has 1 atom stereocenters. The lowest BCUT2D eigenvalue weighted by molar-refractivity contribution is 0.100. The Morgan fingerprint density at radius 2 is 1.79 bits per heavy atom. The first-order chi connectivity index (χ1) is 13.4. The Bertz CT molecular complexity index is 1190. The van der Waals surface area contributed by atoms with Crippen molar-refractivity contribution in [2.45, 2.75) is 6.10 Å². The molecular weight excluding hydrogens is 397 g/mol. The minimum atomic E-state index is -0.868. The number of aromatic amines is 1. The van der Waals surface area contributed by atoms with E-state index in [0.29, 0.717) is 32.6 Å². The van der Waals surface area contributed by atoms with Gasteiger partial charge in [0.2, 0.25) is 5.91 Å². The smallest absolute Gasteiger partial charge is 0.248 e. The number of nitrogens with one attached hydrogen (secondary N) is 1. The standard InChI is InChI=1S/C21H15Cl2N3O2/c22-14-6-7-15(16(23)10-14)19(27)11-1-3-12(4-2-11)21-25-17-8-5-13(20(24)28)9-18(17)26-21/h1-10,19,27H,(H2,24,28)(H,25,26). The van der Waals surface area contributed by atoms with Gasteiger partial charge in [0.05, 0.1) is 11.0 Å². The number of hydrogen-bond acceptors (Lipinski definition) is 3. The van der Waals surface area contributed by atoms with Crippen LogP contribution in [0.3, 0.4) is 0 Å². The fraction of sp³-hybridized carbons (Fsp3) is 0.0476. The summed E-state index contributed by atoms with van der Waals surface area (Å²) >= 11 is 12.1. The maximum Gasteiger partial charge on any atom is 0.248 e. The second kappa shape index (κ2) is 7.28. The number of aliphatic hydroxyl groups excluding tert-OH is 1. The molecule has 0 fully saturated rings. The number of carbonyl (C=O) groups excluding carboxylic acids is 1. The van der Waals surface area contributed by atoms with Gasteiger partial charge in [0.25, 0.3) is 0 Å². The fourth-order valence-electron chi connectivity index (χ4n) is 3.03. The molecule has 0 saturated heterocycles. The lowest BCUT2D eigenvalue weighted by Gasteiger charge is -2.13. The van der Waals surface area contributed by atoms with E-state index in [-0.39, 0.29) is 0 Å². The molecule has 140 valence electrons. The van der Waals surface area contributed by atoms with Crippen molar-refractivity contribution in [2.24, 2.45) is 5.73 Å². The number of H-pyrrole nitrogens is 1. The summed E-state index contributed by atoms with van der Waals surface area (Å²) in [4.78, 5) is 19.0. The van der Waals surface area contributed by atoms with Crippen molar-refractivity contribution in [1.82, 2.24) is 9.97 Å². The van der Waals surface area contributed by atoms with Crippen molar-refractivity contribution in [3.8, 4) is 11.4 Å². The van der Waals surface area contributed by atoms with Crippen molar-refractivity contribution in [3.05, 3.63) is 87.4 Å². The Balaban J connectivity index is 1.64. The molecule has 0 radical (unpaired) electrons. The highest BCUT2D eigenvalue weighted by Crippen LogP contribution is 2.31. The molecule has 1 aromatic heterocycles. The summed E-state index contributed by atoms with van der Waals surface area (Å²) in [6.45, 7) is 0. The molecule has 0 aliphatic heterocycles. The van der Waals surface area contributed by atoms with Crippen molar-refractivity contribution >= 4 is 40.1 Å². The first-order valence-corrected chi connectivity index (χ1v) is 9.21. The number of benzene rings is 3. The molecule has 1 amide bonds. The van der Waals surface area contributed by atoms with E-state index in [9.17, 15) is 9.90 Å². The Morgan fingerprint density at radius 1 is 1.04 bits per heavy atom. The quantitative estimate of drug-likeness (QED) is 0.453. The average molecular weight is 412 g/mol. The summed E-state index contributed by atoms with van der Waals surface area (Å²) in [7, 11) is 0. The molecule has 0 bridgehead atoms. The summed E-state index contributed by atoms with van der Waals surface area (Å²) in [6.07, 6.45) is -0.868. The number of aliphatic hydroxyl groups is 1. The molecule has 4 N–H and O–H groups in total. The van der Waals surface area contributed by atoms with Crippen LogP contribution in [0.15, 0.2) is 60.7 Å². The monoisotopic (exact) mass is 411 g/mol. The molecule has 3 aromatic carbocycles. The van der Waals surface area contributed by atoms with E-state index in [1.807, 2.05) is 24.3 Å². The van der Waals surface area contributed by atoms with E-state index < -0.39 is 12.0 Å². The van der Waals surface area contributed by atoms with Gasteiger partial charge in [0.15, 0.2) is 0 Å². The van der Waals surface area contributed by atoms with Crippen LogP contribution in [0.1, 0.15) is 27.6 Å². The van der Waals surface area contributed by atoms with Crippen LogP contribution < -0.4 is 5.73 Å². The van der Waals surface area contributed by atoms with E-state index in [1.165, 1.54) is 0 Å². The van der Waals surface area contributed by atoms with E-state index >= 15 is 0 Å². The first kappa shape index (κ1) is 18.5. The summed E-state index contributed by atoms with van der Waals surface area (Å²) in [5, 5.41) is 11.6. The Kier molecular flexibility index (Phi) is 4.81. The Labute approximate surface area is 170 Å². The van der Waals surface area contributed by atoms with Gasteiger partial charge in [-0.3, -0.25) is 4.79 Å². The van der Waals surface area contributed by atoms with Crippen LogP contribution in [-0.2, 0) is 0 Å². The zero-order chi connectivity index (χ0) is 19.8. The number of hydrogen-bond donors (Lipinski definition) is 3. The van der Waals surface area contributed by atoms with Crippen LogP contribution in [-0.4, -0.2) is 21.0 Å². The molecule has 5 nitrogen and oxygen atoms in total.